The number of nitrogens with one attached hydrogen (secondary N) is 1. The topological polar surface area (TPSA) is 85.3 Å². The molecule has 2 rings (SSSR count). The summed E-state index contributed by atoms with van der Waals surface area (Å²) in [5.74, 6) is 0.601. The molecule has 0 saturated heterocycles. The van der Waals surface area contributed by atoms with Crippen LogP contribution in [0.2, 0.25) is 0 Å². The molecule has 6 heteroatoms. The van der Waals surface area contributed by atoms with Gasteiger partial charge < -0.3 is 9.73 Å². The van der Waals surface area contributed by atoms with Gasteiger partial charge in [-0.25, -0.2) is 13.6 Å². The van der Waals surface area contributed by atoms with Crippen molar-refractivity contribution in [2.24, 2.45) is 10.6 Å². The van der Waals surface area contributed by atoms with E-state index in [1.165, 1.54) is 31.7 Å². The Morgan fingerprint density at radius 2 is 2.17 bits per heavy atom. The molecule has 1 aromatic rings. The van der Waals surface area contributed by atoms with Gasteiger partial charge in [0.2, 0.25) is 5.09 Å². The molecule has 1 aliphatic carbocycles. The van der Waals surface area contributed by atoms with Crippen molar-refractivity contribution < 1.29 is 12.8 Å². The Bertz CT molecular complexity index is 498. The third-order valence-electron chi connectivity index (χ3n) is 3.88. The van der Waals surface area contributed by atoms with E-state index in [2.05, 4.69) is 12.2 Å². The third-order valence-corrected chi connectivity index (χ3v) is 4.66. The molecular formula is C12H20N2O3S. The zero-order chi connectivity index (χ0) is 13.2. The Hall–Kier alpha value is -0.850. The molecule has 0 unspecified atom stereocenters. The molecule has 0 spiro atoms. The molecule has 1 saturated carbocycles. The van der Waals surface area contributed by atoms with Gasteiger partial charge in [-0.1, -0.05) is 13.3 Å². The minimum atomic E-state index is -3.73. The molecule has 0 bridgehead atoms. The Morgan fingerprint density at radius 3 is 2.61 bits per heavy atom. The average molecular weight is 272 g/mol. The Morgan fingerprint density at radius 1 is 1.44 bits per heavy atom. The van der Waals surface area contributed by atoms with E-state index in [4.69, 9.17) is 9.56 Å². The van der Waals surface area contributed by atoms with Crippen LogP contribution in [0.1, 0.15) is 38.4 Å². The monoisotopic (exact) mass is 272 g/mol. The smallest absolute Gasteiger partial charge is 0.271 e. The number of rotatable bonds is 6. The first kappa shape index (κ1) is 13.6. The second kappa shape index (κ2) is 5.03. The fourth-order valence-electron chi connectivity index (χ4n) is 2.39. The number of hydrogen-bond acceptors (Lipinski definition) is 4. The summed E-state index contributed by atoms with van der Waals surface area (Å²) in [6.45, 7) is 3.71. The van der Waals surface area contributed by atoms with Gasteiger partial charge >= 0.3 is 0 Å². The molecule has 0 aromatic carbocycles. The molecule has 3 N–H and O–H groups in total. The van der Waals surface area contributed by atoms with Crippen molar-refractivity contribution in [3.8, 4) is 0 Å². The van der Waals surface area contributed by atoms with Crippen molar-refractivity contribution in [1.29, 1.82) is 0 Å². The van der Waals surface area contributed by atoms with E-state index in [-0.39, 0.29) is 5.09 Å². The number of sulfonamides is 1. The Labute approximate surface area is 108 Å². The van der Waals surface area contributed by atoms with E-state index in [0.29, 0.717) is 17.7 Å². The van der Waals surface area contributed by atoms with Gasteiger partial charge in [0.1, 0.15) is 5.76 Å². The summed E-state index contributed by atoms with van der Waals surface area (Å²) in [7, 11) is -3.73. The molecule has 5 nitrogen and oxygen atoms in total. The SMILES string of the molecule is CCC1(CNCc2ccc(S(N)(=O)=O)o2)CCC1. The highest BCUT2D eigenvalue weighted by Gasteiger charge is 2.34. The Balaban J connectivity index is 1.85. The van der Waals surface area contributed by atoms with Crippen LogP contribution in [0.15, 0.2) is 21.6 Å². The lowest BCUT2D eigenvalue weighted by Gasteiger charge is -2.41. The van der Waals surface area contributed by atoms with Gasteiger partial charge in [0, 0.05) is 6.54 Å². The van der Waals surface area contributed by atoms with Gasteiger partial charge in [0.05, 0.1) is 6.54 Å². The lowest BCUT2D eigenvalue weighted by Crippen LogP contribution is -2.39. The summed E-state index contributed by atoms with van der Waals surface area (Å²) >= 11 is 0. The van der Waals surface area contributed by atoms with E-state index in [1.807, 2.05) is 0 Å². The lowest BCUT2D eigenvalue weighted by molar-refractivity contribution is 0.122. The molecule has 1 aromatic heterocycles. The molecule has 0 atom stereocenters. The lowest BCUT2D eigenvalue weighted by atomic mass is 9.67. The van der Waals surface area contributed by atoms with Crippen LogP contribution in [0, 0.1) is 5.41 Å². The zero-order valence-corrected chi connectivity index (χ0v) is 11.4. The molecule has 0 aliphatic heterocycles. The molecule has 102 valence electrons. The van der Waals surface area contributed by atoms with Crippen LogP contribution >= 0.6 is 0 Å². The summed E-state index contributed by atoms with van der Waals surface area (Å²) in [5.41, 5.74) is 0.440. The summed E-state index contributed by atoms with van der Waals surface area (Å²) < 4.78 is 27.3. The number of nitrogens with two attached hydrogens (primary N) is 1. The van der Waals surface area contributed by atoms with Crippen LogP contribution in [0.25, 0.3) is 0 Å². The molecule has 0 radical (unpaired) electrons. The second-order valence-electron chi connectivity index (χ2n) is 5.08. The van der Waals surface area contributed by atoms with Crippen LogP contribution in [0.3, 0.4) is 0 Å². The summed E-state index contributed by atoms with van der Waals surface area (Å²) in [6.07, 6.45) is 5.04. The highest BCUT2D eigenvalue weighted by molar-refractivity contribution is 7.89. The molecule has 1 aliphatic rings. The van der Waals surface area contributed by atoms with Crippen molar-refractivity contribution in [3.05, 3.63) is 17.9 Å². The van der Waals surface area contributed by atoms with E-state index >= 15 is 0 Å². The molecule has 18 heavy (non-hydrogen) atoms. The maximum Gasteiger partial charge on any atom is 0.271 e. The minimum absolute atomic E-state index is 0.173. The van der Waals surface area contributed by atoms with E-state index in [0.717, 1.165) is 6.54 Å². The molecular weight excluding hydrogens is 252 g/mol. The van der Waals surface area contributed by atoms with Gasteiger partial charge in [-0.05, 0) is 36.8 Å². The largest absolute Gasteiger partial charge is 0.447 e. The van der Waals surface area contributed by atoms with E-state index in [1.54, 1.807) is 6.07 Å². The van der Waals surface area contributed by atoms with Crippen molar-refractivity contribution in [1.82, 2.24) is 5.32 Å². The maximum atomic E-state index is 11.0. The van der Waals surface area contributed by atoms with Crippen LogP contribution in [-0.2, 0) is 16.6 Å². The molecule has 1 heterocycles. The van der Waals surface area contributed by atoms with Gasteiger partial charge in [-0.15, -0.1) is 0 Å². The summed E-state index contributed by atoms with van der Waals surface area (Å²) in [4.78, 5) is 0. The minimum Gasteiger partial charge on any atom is -0.447 e. The van der Waals surface area contributed by atoms with Crippen molar-refractivity contribution in [2.45, 2.75) is 44.2 Å². The standard InChI is InChI=1S/C12H20N2O3S/c1-2-12(6-3-7-12)9-14-8-10-4-5-11(17-10)18(13,15)16/h4-5,14H,2-3,6-9H2,1H3,(H2,13,15,16). The summed E-state index contributed by atoms with van der Waals surface area (Å²) in [6, 6.07) is 3.04. The zero-order valence-electron chi connectivity index (χ0n) is 10.6. The van der Waals surface area contributed by atoms with Crippen molar-refractivity contribution >= 4 is 10.0 Å². The van der Waals surface area contributed by atoms with Crippen LogP contribution in [0.5, 0.6) is 0 Å². The first-order valence-corrected chi connectivity index (χ1v) is 7.82. The normalized spacial score (nSPS) is 18.6. The van der Waals surface area contributed by atoms with Crippen LogP contribution in [-0.4, -0.2) is 15.0 Å². The highest BCUT2D eigenvalue weighted by atomic mass is 32.2. The number of primary sulfonamides is 1. The van der Waals surface area contributed by atoms with Crippen LogP contribution < -0.4 is 10.5 Å². The first-order chi connectivity index (χ1) is 8.45. The van der Waals surface area contributed by atoms with E-state index < -0.39 is 10.0 Å². The van der Waals surface area contributed by atoms with Crippen molar-refractivity contribution in [3.63, 3.8) is 0 Å². The van der Waals surface area contributed by atoms with Gasteiger partial charge in [-0.2, -0.15) is 0 Å². The fourth-order valence-corrected chi connectivity index (χ4v) is 2.87. The average Bonchev–Trinajstić information content (AvgIpc) is 2.70. The molecule has 1 fully saturated rings. The quantitative estimate of drug-likeness (QED) is 0.823. The maximum absolute atomic E-state index is 11.0. The summed E-state index contributed by atoms with van der Waals surface area (Å²) in [5, 5.41) is 8.14. The van der Waals surface area contributed by atoms with Gasteiger partial charge in [0.15, 0.2) is 0 Å². The van der Waals surface area contributed by atoms with Crippen LogP contribution in [0.4, 0.5) is 0 Å². The fraction of sp³-hybridized carbons (Fsp3) is 0.667. The van der Waals surface area contributed by atoms with Gasteiger partial charge in [-0.3, -0.25) is 0 Å². The number of hydrogen-bond donors (Lipinski definition) is 2. The second-order valence-corrected chi connectivity index (χ2v) is 6.57. The molecule has 0 amide bonds. The van der Waals surface area contributed by atoms with Crippen molar-refractivity contribution in [2.75, 3.05) is 6.54 Å². The first-order valence-electron chi connectivity index (χ1n) is 6.27. The van der Waals surface area contributed by atoms with Gasteiger partial charge in [0.25, 0.3) is 10.0 Å². The third kappa shape index (κ3) is 2.93. The highest BCUT2D eigenvalue weighted by Crippen LogP contribution is 2.43. The van der Waals surface area contributed by atoms with E-state index in [9.17, 15) is 8.42 Å². The number of furan rings is 1. The predicted molar refractivity (Wildman–Crippen MR) is 68.4 cm³/mol. The Kier molecular flexibility index (Phi) is 3.79. The predicted octanol–water partition coefficient (Wildman–Crippen LogP) is 1.60.